The van der Waals surface area contributed by atoms with E-state index in [0.29, 0.717) is 24.8 Å². The van der Waals surface area contributed by atoms with Gasteiger partial charge in [-0.1, -0.05) is 34.6 Å². The van der Waals surface area contributed by atoms with E-state index in [1.807, 2.05) is 0 Å². The maximum Gasteiger partial charge on any atom is 0.220 e. The van der Waals surface area contributed by atoms with Crippen LogP contribution in [0.2, 0.25) is 0 Å². The van der Waals surface area contributed by atoms with Crippen LogP contribution in [0.15, 0.2) is 0 Å². The van der Waals surface area contributed by atoms with Gasteiger partial charge in [0.1, 0.15) is 0 Å². The lowest BCUT2D eigenvalue weighted by molar-refractivity contribution is -0.121. The number of nitrogens with two attached hydrogens (primary N) is 1. The molecule has 0 aliphatic carbocycles. The molecule has 0 saturated carbocycles. The van der Waals surface area contributed by atoms with E-state index >= 15 is 0 Å². The molecular weight excluding hydrogens is 224 g/mol. The quantitative estimate of drug-likeness (QED) is 0.701. The average molecular weight is 256 g/mol. The fourth-order valence-electron chi connectivity index (χ4n) is 2.01. The zero-order valence-electron chi connectivity index (χ0n) is 12.9. The Morgan fingerprint density at radius 3 is 2.28 bits per heavy atom. The van der Waals surface area contributed by atoms with E-state index in [0.717, 1.165) is 25.8 Å². The van der Waals surface area contributed by atoms with Gasteiger partial charge < -0.3 is 11.1 Å². The Morgan fingerprint density at radius 1 is 1.22 bits per heavy atom. The minimum atomic E-state index is 0.182. The van der Waals surface area contributed by atoms with E-state index in [-0.39, 0.29) is 11.3 Å². The van der Waals surface area contributed by atoms with Crippen LogP contribution in [-0.4, -0.2) is 19.0 Å². The maximum atomic E-state index is 11.7. The molecule has 3 heteroatoms. The van der Waals surface area contributed by atoms with Crippen molar-refractivity contribution in [2.24, 2.45) is 23.0 Å². The zero-order valence-corrected chi connectivity index (χ0v) is 12.9. The molecule has 0 fully saturated rings. The number of nitrogens with one attached hydrogen (secondary N) is 1. The fraction of sp³-hybridized carbons (Fsp3) is 0.933. The van der Waals surface area contributed by atoms with Gasteiger partial charge >= 0.3 is 0 Å². The summed E-state index contributed by atoms with van der Waals surface area (Å²) in [6, 6.07) is 0. The lowest BCUT2D eigenvalue weighted by Crippen LogP contribution is -2.28. The van der Waals surface area contributed by atoms with Gasteiger partial charge in [0.15, 0.2) is 0 Å². The molecule has 0 radical (unpaired) electrons. The largest absolute Gasteiger partial charge is 0.356 e. The third-order valence-corrected chi connectivity index (χ3v) is 3.42. The normalized spacial score (nSPS) is 13.7. The molecule has 0 aromatic carbocycles. The van der Waals surface area contributed by atoms with Gasteiger partial charge in [-0.2, -0.15) is 0 Å². The van der Waals surface area contributed by atoms with Crippen LogP contribution in [0.5, 0.6) is 0 Å². The number of hydrogen-bond donors (Lipinski definition) is 2. The summed E-state index contributed by atoms with van der Waals surface area (Å²) in [6.45, 7) is 12.5. The third-order valence-electron chi connectivity index (χ3n) is 3.42. The molecule has 0 saturated heterocycles. The number of carbonyl (C=O) groups is 1. The van der Waals surface area contributed by atoms with Crippen molar-refractivity contribution < 1.29 is 4.79 Å². The van der Waals surface area contributed by atoms with E-state index in [4.69, 9.17) is 5.73 Å². The lowest BCUT2D eigenvalue weighted by Gasteiger charge is -2.20. The Labute approximate surface area is 113 Å². The van der Waals surface area contributed by atoms with E-state index in [1.54, 1.807) is 0 Å². The maximum absolute atomic E-state index is 11.7. The van der Waals surface area contributed by atoms with Crippen LogP contribution in [0.25, 0.3) is 0 Å². The van der Waals surface area contributed by atoms with Crippen molar-refractivity contribution in [1.29, 1.82) is 0 Å². The molecule has 18 heavy (non-hydrogen) atoms. The molecule has 0 heterocycles. The summed E-state index contributed by atoms with van der Waals surface area (Å²) in [5, 5.41) is 3.01. The van der Waals surface area contributed by atoms with E-state index in [9.17, 15) is 4.79 Å². The highest BCUT2D eigenvalue weighted by Gasteiger charge is 2.15. The van der Waals surface area contributed by atoms with Crippen LogP contribution in [-0.2, 0) is 4.79 Å². The number of amides is 1. The first-order valence-electron chi connectivity index (χ1n) is 7.23. The van der Waals surface area contributed by atoms with Gasteiger partial charge in [0.2, 0.25) is 5.91 Å². The summed E-state index contributed by atoms with van der Waals surface area (Å²) < 4.78 is 0. The third kappa shape index (κ3) is 9.46. The van der Waals surface area contributed by atoms with Crippen molar-refractivity contribution in [2.75, 3.05) is 13.1 Å². The Kier molecular flexibility index (Phi) is 8.25. The van der Waals surface area contributed by atoms with Gasteiger partial charge in [0.05, 0.1) is 0 Å². The first-order valence-corrected chi connectivity index (χ1v) is 7.23. The minimum Gasteiger partial charge on any atom is -0.356 e. The molecule has 1 atom stereocenters. The van der Waals surface area contributed by atoms with Gasteiger partial charge in [-0.15, -0.1) is 0 Å². The van der Waals surface area contributed by atoms with E-state index in [1.165, 1.54) is 0 Å². The summed E-state index contributed by atoms with van der Waals surface area (Å²) in [5.74, 6) is 1.36. The molecule has 108 valence electrons. The molecule has 0 bridgehead atoms. The van der Waals surface area contributed by atoms with Crippen LogP contribution >= 0.6 is 0 Å². The van der Waals surface area contributed by atoms with Crippen molar-refractivity contribution in [2.45, 2.75) is 60.3 Å². The number of rotatable bonds is 8. The lowest BCUT2D eigenvalue weighted by atomic mass is 9.88. The molecule has 0 aromatic heterocycles. The van der Waals surface area contributed by atoms with Crippen molar-refractivity contribution in [3.8, 4) is 0 Å². The summed E-state index contributed by atoms with van der Waals surface area (Å²) in [7, 11) is 0. The van der Waals surface area contributed by atoms with Crippen LogP contribution in [0.3, 0.4) is 0 Å². The van der Waals surface area contributed by atoms with Crippen LogP contribution < -0.4 is 11.1 Å². The zero-order chi connectivity index (χ0) is 14.2. The van der Waals surface area contributed by atoms with Crippen molar-refractivity contribution in [1.82, 2.24) is 5.32 Å². The van der Waals surface area contributed by atoms with Crippen LogP contribution in [0.4, 0.5) is 0 Å². The Bertz CT molecular complexity index is 231. The Morgan fingerprint density at radius 2 is 1.83 bits per heavy atom. The Hall–Kier alpha value is -0.570. The topological polar surface area (TPSA) is 55.1 Å². The number of hydrogen-bond acceptors (Lipinski definition) is 2. The summed E-state index contributed by atoms with van der Waals surface area (Å²) in [6.07, 6.45) is 3.63. The van der Waals surface area contributed by atoms with Gasteiger partial charge in [-0.3, -0.25) is 4.79 Å². The molecular formula is C15H32N2O. The SMILES string of the molecule is CC(C)C(CCN)CCC(=O)NCCC(C)(C)C. The van der Waals surface area contributed by atoms with Crippen LogP contribution in [0.1, 0.15) is 60.3 Å². The van der Waals surface area contributed by atoms with Gasteiger partial charge in [0.25, 0.3) is 0 Å². The van der Waals surface area contributed by atoms with Crippen LogP contribution in [0, 0.1) is 17.3 Å². The highest BCUT2D eigenvalue weighted by atomic mass is 16.1. The highest BCUT2D eigenvalue weighted by Crippen LogP contribution is 2.20. The van der Waals surface area contributed by atoms with Gasteiger partial charge in [0, 0.05) is 13.0 Å². The monoisotopic (exact) mass is 256 g/mol. The molecule has 0 spiro atoms. The first kappa shape index (κ1) is 17.4. The van der Waals surface area contributed by atoms with E-state index < -0.39 is 0 Å². The average Bonchev–Trinajstić information content (AvgIpc) is 2.21. The molecule has 0 aromatic rings. The predicted octanol–water partition coefficient (Wildman–Crippen LogP) is 2.94. The molecule has 0 rings (SSSR count). The van der Waals surface area contributed by atoms with Gasteiger partial charge in [-0.25, -0.2) is 0 Å². The summed E-state index contributed by atoms with van der Waals surface area (Å²) in [5.41, 5.74) is 5.89. The molecule has 1 unspecified atom stereocenters. The van der Waals surface area contributed by atoms with Crippen molar-refractivity contribution in [3.63, 3.8) is 0 Å². The molecule has 1 amide bonds. The van der Waals surface area contributed by atoms with Crippen molar-refractivity contribution in [3.05, 3.63) is 0 Å². The predicted molar refractivity (Wildman–Crippen MR) is 78.3 cm³/mol. The fourth-order valence-corrected chi connectivity index (χ4v) is 2.01. The molecule has 3 nitrogen and oxygen atoms in total. The highest BCUT2D eigenvalue weighted by molar-refractivity contribution is 5.75. The number of carbonyl (C=O) groups excluding carboxylic acids is 1. The van der Waals surface area contributed by atoms with E-state index in [2.05, 4.69) is 39.9 Å². The minimum absolute atomic E-state index is 0.182. The smallest absolute Gasteiger partial charge is 0.220 e. The first-order chi connectivity index (χ1) is 8.26. The second-order valence-electron chi connectivity index (χ2n) is 6.78. The summed E-state index contributed by atoms with van der Waals surface area (Å²) in [4.78, 5) is 11.7. The van der Waals surface area contributed by atoms with Crippen molar-refractivity contribution >= 4 is 5.91 Å². The van der Waals surface area contributed by atoms with Gasteiger partial charge in [-0.05, 0) is 43.1 Å². The second kappa shape index (κ2) is 8.52. The standard InChI is InChI=1S/C15H32N2O/c1-12(2)13(8-10-16)6-7-14(18)17-11-9-15(3,4)5/h12-13H,6-11,16H2,1-5H3,(H,17,18). The molecule has 3 N–H and O–H groups in total. The Balaban J connectivity index is 3.81. The molecule has 0 aliphatic heterocycles. The second-order valence-corrected chi connectivity index (χ2v) is 6.78. The molecule has 0 aliphatic rings. The summed E-state index contributed by atoms with van der Waals surface area (Å²) >= 11 is 0.